The molecular weight excluding hydrogens is 220 g/mol. The fraction of sp³-hybridized carbons (Fsp3) is 0.312. The fourth-order valence-electron chi connectivity index (χ4n) is 2.23. The Kier molecular flexibility index (Phi) is 4.33. The van der Waals surface area contributed by atoms with Crippen molar-refractivity contribution in [1.82, 2.24) is 10.3 Å². The van der Waals surface area contributed by atoms with Gasteiger partial charge in [0.1, 0.15) is 0 Å². The first-order valence-electron chi connectivity index (χ1n) is 6.37. The van der Waals surface area contributed by atoms with Crippen molar-refractivity contribution in [3.8, 4) is 12.3 Å². The lowest BCUT2D eigenvalue weighted by molar-refractivity contribution is 0.514. The summed E-state index contributed by atoms with van der Waals surface area (Å²) in [5.41, 5.74) is 1.10. The second-order valence-corrected chi connectivity index (χ2v) is 4.27. The van der Waals surface area contributed by atoms with E-state index in [4.69, 9.17) is 6.42 Å². The van der Waals surface area contributed by atoms with Gasteiger partial charge in [-0.15, -0.1) is 12.3 Å². The number of terminal acetylenes is 1. The summed E-state index contributed by atoms with van der Waals surface area (Å²) in [4.78, 5) is 4.55. The Hall–Kier alpha value is -1.85. The lowest BCUT2D eigenvalue weighted by Gasteiger charge is -2.18. The largest absolute Gasteiger partial charge is 0.309 e. The first-order valence-corrected chi connectivity index (χ1v) is 6.37. The quantitative estimate of drug-likeness (QED) is 0.808. The van der Waals surface area contributed by atoms with Gasteiger partial charge in [0.05, 0.1) is 11.7 Å². The van der Waals surface area contributed by atoms with E-state index in [1.807, 2.05) is 12.3 Å². The van der Waals surface area contributed by atoms with Crippen LogP contribution in [0, 0.1) is 12.3 Å². The second-order valence-electron chi connectivity index (χ2n) is 4.27. The molecule has 2 rings (SSSR count). The summed E-state index contributed by atoms with van der Waals surface area (Å²) in [6.07, 6.45) is 8.93. The van der Waals surface area contributed by atoms with Crippen molar-refractivity contribution in [2.45, 2.75) is 25.8 Å². The van der Waals surface area contributed by atoms with Gasteiger partial charge in [0.2, 0.25) is 0 Å². The molecule has 0 amide bonds. The summed E-state index contributed by atoms with van der Waals surface area (Å²) in [5, 5.41) is 5.91. The zero-order chi connectivity index (χ0) is 12.8. The zero-order valence-electron chi connectivity index (χ0n) is 10.7. The van der Waals surface area contributed by atoms with E-state index in [9.17, 15) is 0 Å². The molecule has 18 heavy (non-hydrogen) atoms. The Labute approximate surface area is 108 Å². The molecule has 1 atom stereocenters. The summed E-state index contributed by atoms with van der Waals surface area (Å²) in [6.45, 7) is 3.02. The molecule has 1 heterocycles. The molecule has 0 saturated carbocycles. The van der Waals surface area contributed by atoms with Crippen LogP contribution in [-0.2, 0) is 0 Å². The van der Waals surface area contributed by atoms with E-state index in [0.717, 1.165) is 25.1 Å². The van der Waals surface area contributed by atoms with Gasteiger partial charge < -0.3 is 5.32 Å². The minimum atomic E-state index is 0.233. The van der Waals surface area contributed by atoms with E-state index in [2.05, 4.69) is 47.4 Å². The lowest BCUT2D eigenvalue weighted by Crippen LogP contribution is -2.22. The summed E-state index contributed by atoms with van der Waals surface area (Å²) < 4.78 is 0. The van der Waals surface area contributed by atoms with Crippen LogP contribution in [0.15, 0.2) is 36.5 Å². The van der Waals surface area contributed by atoms with E-state index in [1.54, 1.807) is 0 Å². The molecule has 0 spiro atoms. The van der Waals surface area contributed by atoms with Crippen LogP contribution in [0.2, 0.25) is 0 Å². The van der Waals surface area contributed by atoms with Crippen LogP contribution >= 0.6 is 0 Å². The SMILES string of the molecule is C#CCCC(NCC)c1nccc2ccccc12. The van der Waals surface area contributed by atoms with Crippen LogP contribution in [0.25, 0.3) is 10.8 Å². The molecule has 1 aromatic heterocycles. The average Bonchev–Trinajstić information content (AvgIpc) is 2.43. The van der Waals surface area contributed by atoms with Gasteiger partial charge in [0.15, 0.2) is 0 Å². The Morgan fingerprint density at radius 1 is 1.33 bits per heavy atom. The number of hydrogen-bond donors (Lipinski definition) is 1. The molecule has 0 saturated heterocycles. The molecule has 0 aliphatic heterocycles. The number of rotatable bonds is 5. The molecule has 1 aromatic carbocycles. The summed E-state index contributed by atoms with van der Waals surface area (Å²) in [5.74, 6) is 2.71. The highest BCUT2D eigenvalue weighted by molar-refractivity contribution is 5.84. The Morgan fingerprint density at radius 2 is 2.17 bits per heavy atom. The van der Waals surface area contributed by atoms with E-state index in [-0.39, 0.29) is 6.04 Å². The van der Waals surface area contributed by atoms with Crippen molar-refractivity contribution < 1.29 is 0 Å². The number of benzene rings is 1. The lowest BCUT2D eigenvalue weighted by atomic mass is 10.0. The van der Waals surface area contributed by atoms with Crippen LogP contribution in [0.1, 0.15) is 31.5 Å². The van der Waals surface area contributed by atoms with Gasteiger partial charge in [-0.25, -0.2) is 0 Å². The number of pyridine rings is 1. The molecule has 1 N–H and O–H groups in total. The molecule has 2 nitrogen and oxygen atoms in total. The highest BCUT2D eigenvalue weighted by Crippen LogP contribution is 2.24. The Morgan fingerprint density at radius 3 is 2.94 bits per heavy atom. The second kappa shape index (κ2) is 6.18. The molecular formula is C16H18N2. The predicted molar refractivity (Wildman–Crippen MR) is 76.2 cm³/mol. The monoisotopic (exact) mass is 238 g/mol. The molecule has 0 aliphatic rings. The summed E-state index contributed by atoms with van der Waals surface area (Å²) in [6, 6.07) is 10.6. The van der Waals surface area contributed by atoms with Gasteiger partial charge in [-0.05, 0) is 24.4 Å². The van der Waals surface area contributed by atoms with Gasteiger partial charge in [-0.2, -0.15) is 0 Å². The van der Waals surface area contributed by atoms with E-state index >= 15 is 0 Å². The maximum atomic E-state index is 5.37. The first-order chi connectivity index (χ1) is 8.86. The highest BCUT2D eigenvalue weighted by atomic mass is 14.9. The summed E-state index contributed by atoms with van der Waals surface area (Å²) >= 11 is 0. The Bertz CT molecular complexity index is 549. The van der Waals surface area contributed by atoms with Crippen LogP contribution in [0.5, 0.6) is 0 Å². The van der Waals surface area contributed by atoms with Gasteiger partial charge in [-0.3, -0.25) is 4.98 Å². The molecule has 92 valence electrons. The van der Waals surface area contributed by atoms with Gasteiger partial charge >= 0.3 is 0 Å². The summed E-state index contributed by atoms with van der Waals surface area (Å²) in [7, 11) is 0. The smallest absolute Gasteiger partial charge is 0.0651 e. The number of hydrogen-bond acceptors (Lipinski definition) is 2. The van der Waals surface area contributed by atoms with Crippen molar-refractivity contribution in [1.29, 1.82) is 0 Å². The van der Waals surface area contributed by atoms with Crippen molar-refractivity contribution in [2.75, 3.05) is 6.54 Å². The van der Waals surface area contributed by atoms with Gasteiger partial charge in [-0.1, -0.05) is 31.2 Å². The minimum Gasteiger partial charge on any atom is -0.309 e. The molecule has 0 radical (unpaired) electrons. The number of nitrogens with one attached hydrogen (secondary N) is 1. The van der Waals surface area contributed by atoms with Crippen molar-refractivity contribution >= 4 is 10.8 Å². The molecule has 2 heteroatoms. The van der Waals surface area contributed by atoms with Crippen molar-refractivity contribution in [3.63, 3.8) is 0 Å². The Balaban J connectivity index is 2.40. The molecule has 0 fully saturated rings. The standard InChI is InChI=1S/C16H18N2/c1-3-5-10-15(17-4-2)16-14-9-7-6-8-13(14)11-12-18-16/h1,6-9,11-12,15,17H,4-5,10H2,2H3. The van der Waals surface area contributed by atoms with Crippen molar-refractivity contribution in [3.05, 3.63) is 42.2 Å². The molecule has 0 aliphatic carbocycles. The first kappa shape index (κ1) is 12.6. The number of aromatic nitrogens is 1. The van der Waals surface area contributed by atoms with Crippen LogP contribution in [0.3, 0.4) is 0 Å². The van der Waals surface area contributed by atoms with E-state index < -0.39 is 0 Å². The highest BCUT2D eigenvalue weighted by Gasteiger charge is 2.13. The number of nitrogens with zero attached hydrogens (tertiary/aromatic N) is 1. The zero-order valence-corrected chi connectivity index (χ0v) is 10.7. The van der Waals surface area contributed by atoms with E-state index in [0.29, 0.717) is 0 Å². The van der Waals surface area contributed by atoms with Crippen LogP contribution in [-0.4, -0.2) is 11.5 Å². The minimum absolute atomic E-state index is 0.233. The average molecular weight is 238 g/mol. The van der Waals surface area contributed by atoms with E-state index in [1.165, 1.54) is 10.8 Å². The fourth-order valence-corrected chi connectivity index (χ4v) is 2.23. The predicted octanol–water partition coefficient (Wildman–Crippen LogP) is 3.30. The molecule has 1 unspecified atom stereocenters. The molecule has 2 aromatic rings. The maximum Gasteiger partial charge on any atom is 0.0651 e. The normalized spacial score (nSPS) is 12.2. The van der Waals surface area contributed by atoms with Crippen LogP contribution in [0.4, 0.5) is 0 Å². The third-order valence-electron chi connectivity index (χ3n) is 3.06. The van der Waals surface area contributed by atoms with Crippen LogP contribution < -0.4 is 5.32 Å². The van der Waals surface area contributed by atoms with Gasteiger partial charge in [0.25, 0.3) is 0 Å². The third kappa shape index (κ3) is 2.69. The molecule has 0 bridgehead atoms. The van der Waals surface area contributed by atoms with Gasteiger partial charge in [0, 0.05) is 18.0 Å². The maximum absolute atomic E-state index is 5.37. The van der Waals surface area contributed by atoms with Crippen molar-refractivity contribution in [2.24, 2.45) is 0 Å². The number of fused-ring (bicyclic) bond motifs is 1. The topological polar surface area (TPSA) is 24.9 Å². The third-order valence-corrected chi connectivity index (χ3v) is 3.06.